The Morgan fingerprint density at radius 2 is 0.875 bits per heavy atom. The topological polar surface area (TPSA) is 52.6 Å². The molecule has 0 N–H and O–H groups in total. The average Bonchev–Trinajstić information content (AvgIpc) is 2.69. The molecule has 0 radical (unpaired) electrons. The van der Waals surface area contributed by atoms with Gasteiger partial charge in [-0.1, -0.05) is 35.4 Å². The molecule has 0 heterocycles. The molecule has 4 nitrogen and oxygen atoms in total. The number of hydrogen-bond donors (Lipinski definition) is 0. The Hall–Kier alpha value is -2.62. The van der Waals surface area contributed by atoms with Crippen LogP contribution in [-0.4, -0.2) is 24.1 Å². The van der Waals surface area contributed by atoms with Crippen molar-refractivity contribution in [2.24, 2.45) is 11.8 Å². The highest BCUT2D eigenvalue weighted by Crippen LogP contribution is 2.45. The molecule has 3 fully saturated rings. The lowest BCUT2D eigenvalue weighted by molar-refractivity contribution is -0.121. The Morgan fingerprint density at radius 3 is 1.16 bits per heavy atom. The maximum absolute atomic E-state index is 13.2. The van der Waals surface area contributed by atoms with Crippen molar-refractivity contribution < 1.29 is 19.1 Å². The molecule has 0 aromatic heterocycles. The van der Waals surface area contributed by atoms with E-state index in [1.165, 1.54) is 0 Å². The summed E-state index contributed by atoms with van der Waals surface area (Å²) in [5.74, 6) is -0.122. The quantitative estimate of drug-likeness (QED) is 0.545. The van der Waals surface area contributed by atoms with Gasteiger partial charge in [-0.15, -0.1) is 0 Å². The van der Waals surface area contributed by atoms with Gasteiger partial charge >= 0.3 is 11.9 Å². The molecule has 3 saturated carbocycles. The van der Waals surface area contributed by atoms with Crippen LogP contribution in [-0.2, 0) is 9.47 Å². The standard InChI is InChI=1S/C28H34O4/c1-15-11-17(3)23(18(4)12-15)27(29)31-25-21-7-9-22(10-8-21)26(25)32-28(30)24-19(5)13-16(2)14-20(24)6/h11-14,21-22,25-26H,7-10H2,1-6H3. The first-order chi connectivity index (χ1) is 15.2. The second-order valence-electron chi connectivity index (χ2n) is 9.96. The number of fused-ring (bicyclic) bond motifs is 3. The third-order valence-electron chi connectivity index (χ3n) is 7.32. The number of carbonyl (C=O) groups is 2. The van der Waals surface area contributed by atoms with Crippen molar-refractivity contribution >= 4 is 11.9 Å². The van der Waals surface area contributed by atoms with E-state index < -0.39 is 0 Å². The van der Waals surface area contributed by atoms with Gasteiger partial charge in [0.1, 0.15) is 12.2 Å². The van der Waals surface area contributed by atoms with Gasteiger partial charge in [-0.3, -0.25) is 0 Å². The Balaban J connectivity index is 1.59. The van der Waals surface area contributed by atoms with Crippen LogP contribution in [0.25, 0.3) is 0 Å². The summed E-state index contributed by atoms with van der Waals surface area (Å²) < 4.78 is 12.3. The van der Waals surface area contributed by atoms with Crippen LogP contribution in [0.2, 0.25) is 0 Å². The van der Waals surface area contributed by atoms with Crippen molar-refractivity contribution in [2.75, 3.05) is 0 Å². The van der Waals surface area contributed by atoms with Crippen molar-refractivity contribution in [3.05, 3.63) is 68.8 Å². The fraction of sp³-hybridized carbons (Fsp3) is 0.500. The first-order valence-electron chi connectivity index (χ1n) is 11.7. The number of aryl methyl sites for hydroxylation is 6. The second-order valence-corrected chi connectivity index (χ2v) is 9.96. The lowest BCUT2D eigenvalue weighted by Crippen LogP contribution is -2.52. The molecule has 4 heteroatoms. The molecule has 32 heavy (non-hydrogen) atoms. The summed E-state index contributed by atoms with van der Waals surface area (Å²) in [5, 5.41) is 0. The van der Waals surface area contributed by atoms with E-state index in [0.717, 1.165) is 59.1 Å². The van der Waals surface area contributed by atoms with Crippen molar-refractivity contribution in [1.29, 1.82) is 0 Å². The van der Waals surface area contributed by atoms with E-state index in [-0.39, 0.29) is 36.0 Å². The van der Waals surface area contributed by atoms with Gasteiger partial charge in [-0.25, -0.2) is 9.59 Å². The minimum Gasteiger partial charge on any atom is -0.455 e. The molecular formula is C28H34O4. The Labute approximate surface area is 191 Å². The molecule has 2 aromatic carbocycles. The normalized spacial score (nSPS) is 24.3. The van der Waals surface area contributed by atoms with Gasteiger partial charge in [0.25, 0.3) is 0 Å². The first-order valence-corrected chi connectivity index (χ1v) is 11.7. The van der Waals surface area contributed by atoms with Crippen molar-refractivity contribution in [1.82, 2.24) is 0 Å². The fourth-order valence-electron chi connectivity index (χ4n) is 6.03. The molecule has 0 aliphatic heterocycles. The highest BCUT2D eigenvalue weighted by molar-refractivity contribution is 5.94. The molecule has 2 unspecified atom stereocenters. The highest BCUT2D eigenvalue weighted by Gasteiger charge is 2.48. The SMILES string of the molecule is Cc1cc(C)c(C(=O)OC2C3CCC(CC3)C2OC(=O)c2c(C)cc(C)cc2C)c(C)c1. The van der Waals surface area contributed by atoms with Gasteiger partial charge in [0.2, 0.25) is 0 Å². The summed E-state index contributed by atoms with van der Waals surface area (Å²) in [6.07, 6.45) is 3.31. The zero-order valence-corrected chi connectivity index (χ0v) is 20.1. The predicted octanol–water partition coefficient (Wildman–Crippen LogP) is 6.11. The Kier molecular flexibility index (Phi) is 6.15. The minimum absolute atomic E-state index is 0.244. The largest absolute Gasteiger partial charge is 0.455 e. The van der Waals surface area contributed by atoms with E-state index in [4.69, 9.17) is 9.47 Å². The second kappa shape index (κ2) is 8.73. The summed E-state index contributed by atoms with van der Waals surface area (Å²) >= 11 is 0. The van der Waals surface area contributed by atoms with Crippen molar-refractivity contribution in [2.45, 2.75) is 79.4 Å². The number of hydrogen-bond acceptors (Lipinski definition) is 4. The van der Waals surface area contributed by atoms with Crippen LogP contribution in [0, 0.1) is 53.4 Å². The van der Waals surface area contributed by atoms with E-state index >= 15 is 0 Å². The van der Waals surface area contributed by atoms with Gasteiger partial charge in [0.05, 0.1) is 11.1 Å². The average molecular weight is 435 g/mol. The van der Waals surface area contributed by atoms with Crippen LogP contribution in [0.4, 0.5) is 0 Å². The fourth-order valence-corrected chi connectivity index (χ4v) is 6.03. The molecule has 0 amide bonds. The van der Waals surface area contributed by atoms with E-state index in [1.807, 2.05) is 65.8 Å². The highest BCUT2D eigenvalue weighted by atomic mass is 16.6. The van der Waals surface area contributed by atoms with E-state index in [9.17, 15) is 9.59 Å². The number of ether oxygens (including phenoxy) is 2. The summed E-state index contributed by atoms with van der Waals surface area (Å²) in [4.78, 5) is 26.5. The molecule has 2 aromatic rings. The lowest BCUT2D eigenvalue weighted by Gasteiger charge is -2.46. The summed E-state index contributed by atoms with van der Waals surface area (Å²) in [6.45, 7) is 11.8. The molecular weight excluding hydrogens is 400 g/mol. The van der Waals surface area contributed by atoms with E-state index in [0.29, 0.717) is 11.1 Å². The molecule has 3 aliphatic carbocycles. The number of benzene rings is 2. The maximum Gasteiger partial charge on any atom is 0.339 e. The van der Waals surface area contributed by atoms with Crippen LogP contribution >= 0.6 is 0 Å². The summed E-state index contributed by atoms with van der Waals surface area (Å²) in [7, 11) is 0. The molecule has 2 bridgehead atoms. The number of carbonyl (C=O) groups excluding carboxylic acids is 2. The first kappa shape index (κ1) is 22.6. The van der Waals surface area contributed by atoms with Crippen molar-refractivity contribution in [3.63, 3.8) is 0 Å². The van der Waals surface area contributed by atoms with Crippen LogP contribution in [0.15, 0.2) is 24.3 Å². The Bertz CT molecular complexity index is 928. The number of esters is 2. The van der Waals surface area contributed by atoms with Crippen LogP contribution < -0.4 is 0 Å². The summed E-state index contributed by atoms with van der Waals surface area (Å²) in [6, 6.07) is 8.04. The third kappa shape index (κ3) is 4.20. The molecule has 0 saturated heterocycles. The van der Waals surface area contributed by atoms with Crippen LogP contribution in [0.1, 0.15) is 79.8 Å². The van der Waals surface area contributed by atoms with Crippen LogP contribution in [0.5, 0.6) is 0 Å². The van der Waals surface area contributed by atoms with Gasteiger partial charge < -0.3 is 9.47 Å². The van der Waals surface area contributed by atoms with Gasteiger partial charge in [0, 0.05) is 0 Å². The smallest absolute Gasteiger partial charge is 0.339 e. The summed E-state index contributed by atoms with van der Waals surface area (Å²) in [5.41, 5.74) is 7.22. The van der Waals surface area contributed by atoms with Gasteiger partial charge in [-0.2, -0.15) is 0 Å². The van der Waals surface area contributed by atoms with Gasteiger partial charge in [0.15, 0.2) is 0 Å². The molecule has 2 atom stereocenters. The molecule has 170 valence electrons. The predicted molar refractivity (Wildman–Crippen MR) is 125 cm³/mol. The third-order valence-corrected chi connectivity index (χ3v) is 7.32. The lowest BCUT2D eigenvalue weighted by atomic mass is 9.67. The zero-order chi connectivity index (χ0) is 23.2. The zero-order valence-electron chi connectivity index (χ0n) is 20.1. The van der Waals surface area contributed by atoms with E-state index in [2.05, 4.69) is 0 Å². The maximum atomic E-state index is 13.2. The minimum atomic E-state index is -0.384. The van der Waals surface area contributed by atoms with Crippen LogP contribution in [0.3, 0.4) is 0 Å². The van der Waals surface area contributed by atoms with Gasteiger partial charge in [-0.05, 0) is 101 Å². The number of rotatable bonds is 4. The Morgan fingerprint density at radius 1 is 0.594 bits per heavy atom. The van der Waals surface area contributed by atoms with E-state index in [1.54, 1.807) is 0 Å². The monoisotopic (exact) mass is 434 g/mol. The molecule has 0 spiro atoms. The van der Waals surface area contributed by atoms with Crippen molar-refractivity contribution in [3.8, 4) is 0 Å². The molecule has 5 rings (SSSR count). The molecule has 3 aliphatic rings.